The van der Waals surface area contributed by atoms with Gasteiger partial charge in [0.15, 0.2) is 5.16 Å². The molecule has 0 aliphatic rings. The summed E-state index contributed by atoms with van der Waals surface area (Å²) >= 11 is 7.22. The van der Waals surface area contributed by atoms with Gasteiger partial charge in [-0.1, -0.05) is 29.4 Å². The molecule has 1 amide bonds. The van der Waals surface area contributed by atoms with E-state index in [0.29, 0.717) is 10.2 Å². The molecule has 2 rings (SSSR count). The lowest BCUT2D eigenvalue weighted by Gasteiger charge is -2.08. The lowest BCUT2D eigenvalue weighted by atomic mass is 10.2. The number of aryl methyl sites for hydroxylation is 2. The predicted octanol–water partition coefficient (Wildman–Crippen LogP) is 3.48. The quantitative estimate of drug-likeness (QED) is 0.694. The highest BCUT2D eigenvalue weighted by molar-refractivity contribution is 7.99. The Morgan fingerprint density at radius 3 is 2.90 bits per heavy atom. The Kier molecular flexibility index (Phi) is 4.98. The van der Waals surface area contributed by atoms with E-state index < -0.39 is 0 Å². The van der Waals surface area contributed by atoms with Crippen LogP contribution in [0.2, 0.25) is 5.02 Å². The van der Waals surface area contributed by atoms with Crippen LogP contribution < -0.4 is 5.32 Å². The number of aromatic nitrogens is 2. The van der Waals surface area contributed by atoms with Crippen LogP contribution >= 0.6 is 23.4 Å². The molecule has 0 aliphatic carbocycles. The van der Waals surface area contributed by atoms with E-state index in [1.165, 1.54) is 11.8 Å². The van der Waals surface area contributed by atoms with Gasteiger partial charge in [-0.25, -0.2) is 9.97 Å². The third-order valence-electron chi connectivity index (χ3n) is 2.58. The molecule has 0 atom stereocenters. The number of hydrogen-bond donors (Lipinski definition) is 1. The minimum Gasteiger partial charge on any atom is -0.325 e. The summed E-state index contributed by atoms with van der Waals surface area (Å²) in [7, 11) is 0. The summed E-state index contributed by atoms with van der Waals surface area (Å²) < 4.78 is 0. The number of carbonyl (C=O) groups is 1. The van der Waals surface area contributed by atoms with Gasteiger partial charge in [-0.2, -0.15) is 0 Å². The van der Waals surface area contributed by atoms with Crippen LogP contribution in [-0.2, 0) is 4.79 Å². The summed E-state index contributed by atoms with van der Waals surface area (Å²) in [4.78, 5) is 20.2. The number of amides is 1. The van der Waals surface area contributed by atoms with Crippen molar-refractivity contribution in [3.8, 4) is 0 Å². The van der Waals surface area contributed by atoms with Crippen molar-refractivity contribution in [3.63, 3.8) is 0 Å². The van der Waals surface area contributed by atoms with Gasteiger partial charge >= 0.3 is 0 Å². The number of rotatable bonds is 4. The van der Waals surface area contributed by atoms with Gasteiger partial charge in [0.25, 0.3) is 0 Å². The summed E-state index contributed by atoms with van der Waals surface area (Å²) in [6.07, 6.45) is 1.68. The zero-order valence-electron chi connectivity index (χ0n) is 11.2. The maximum atomic E-state index is 11.9. The Hall–Kier alpha value is -1.59. The van der Waals surface area contributed by atoms with E-state index in [0.717, 1.165) is 16.9 Å². The number of thioether (sulfide) groups is 1. The predicted molar refractivity (Wildman–Crippen MR) is 82.3 cm³/mol. The Morgan fingerprint density at radius 1 is 1.35 bits per heavy atom. The minimum atomic E-state index is -0.106. The average Bonchev–Trinajstić information content (AvgIpc) is 2.41. The number of carbonyl (C=O) groups excluding carboxylic acids is 1. The third kappa shape index (κ3) is 4.21. The van der Waals surface area contributed by atoms with E-state index in [2.05, 4.69) is 15.3 Å². The van der Waals surface area contributed by atoms with Gasteiger partial charge in [-0.05, 0) is 37.6 Å². The number of anilines is 1. The van der Waals surface area contributed by atoms with Crippen molar-refractivity contribution in [3.05, 3.63) is 46.7 Å². The van der Waals surface area contributed by atoms with Gasteiger partial charge in [0, 0.05) is 22.6 Å². The average molecular weight is 308 g/mol. The fourth-order valence-corrected chi connectivity index (χ4v) is 2.39. The van der Waals surface area contributed by atoms with Crippen LogP contribution in [0.4, 0.5) is 5.69 Å². The van der Waals surface area contributed by atoms with E-state index in [9.17, 15) is 4.79 Å². The first kappa shape index (κ1) is 14.8. The Balaban J connectivity index is 1.94. The first-order chi connectivity index (χ1) is 9.54. The molecule has 0 spiro atoms. The van der Waals surface area contributed by atoms with Crippen molar-refractivity contribution < 1.29 is 4.79 Å². The van der Waals surface area contributed by atoms with Crippen LogP contribution in [-0.4, -0.2) is 21.6 Å². The summed E-state index contributed by atoms with van der Waals surface area (Å²) in [6, 6.07) is 7.22. The second-order valence-corrected chi connectivity index (χ2v) is 5.66. The summed E-state index contributed by atoms with van der Waals surface area (Å²) in [5.74, 6) is 0.153. The highest BCUT2D eigenvalue weighted by atomic mass is 35.5. The normalized spacial score (nSPS) is 10.3. The smallest absolute Gasteiger partial charge is 0.234 e. The highest BCUT2D eigenvalue weighted by Crippen LogP contribution is 2.21. The molecule has 0 saturated heterocycles. The van der Waals surface area contributed by atoms with Crippen LogP contribution in [0.25, 0.3) is 0 Å². The largest absolute Gasteiger partial charge is 0.325 e. The monoisotopic (exact) mass is 307 g/mol. The maximum absolute atomic E-state index is 11.9. The number of nitrogens with zero attached hydrogens (tertiary/aromatic N) is 2. The Morgan fingerprint density at radius 2 is 2.15 bits per heavy atom. The van der Waals surface area contributed by atoms with Crippen molar-refractivity contribution >= 4 is 35.0 Å². The molecule has 0 aliphatic heterocycles. The van der Waals surface area contributed by atoms with Crippen molar-refractivity contribution in [2.75, 3.05) is 11.1 Å². The van der Waals surface area contributed by atoms with Gasteiger partial charge in [-0.15, -0.1) is 0 Å². The Labute approximate surface area is 127 Å². The van der Waals surface area contributed by atoms with Crippen molar-refractivity contribution in [2.24, 2.45) is 0 Å². The molecular formula is C14H14ClN3OS. The highest BCUT2D eigenvalue weighted by Gasteiger charge is 2.07. The molecule has 0 unspecified atom stereocenters. The van der Waals surface area contributed by atoms with E-state index in [1.807, 2.05) is 26.0 Å². The van der Waals surface area contributed by atoms with Crippen LogP contribution in [0.15, 0.2) is 35.6 Å². The van der Waals surface area contributed by atoms with Crippen LogP contribution in [0, 0.1) is 13.8 Å². The van der Waals surface area contributed by atoms with Gasteiger partial charge in [0.05, 0.1) is 5.75 Å². The topological polar surface area (TPSA) is 54.9 Å². The molecule has 0 radical (unpaired) electrons. The maximum Gasteiger partial charge on any atom is 0.234 e. The van der Waals surface area contributed by atoms with E-state index in [-0.39, 0.29) is 11.7 Å². The summed E-state index contributed by atoms with van der Waals surface area (Å²) in [5.41, 5.74) is 2.58. The number of hydrogen-bond acceptors (Lipinski definition) is 4. The first-order valence-corrected chi connectivity index (χ1v) is 7.39. The standard InChI is InChI=1S/C14H14ClN3OS/c1-9-3-4-11(15)7-12(9)18-13(19)8-20-14-16-6-5-10(2)17-14/h3-7H,8H2,1-2H3,(H,18,19). The molecule has 4 nitrogen and oxygen atoms in total. The van der Waals surface area contributed by atoms with Crippen LogP contribution in [0.3, 0.4) is 0 Å². The lowest BCUT2D eigenvalue weighted by Crippen LogP contribution is -2.15. The molecule has 1 aromatic carbocycles. The molecule has 104 valence electrons. The second kappa shape index (κ2) is 6.72. The molecule has 1 aromatic heterocycles. The summed E-state index contributed by atoms with van der Waals surface area (Å²) in [5, 5.41) is 4.03. The SMILES string of the molecule is Cc1ccnc(SCC(=O)Nc2cc(Cl)ccc2C)n1. The van der Waals surface area contributed by atoms with Crippen molar-refractivity contribution in [1.29, 1.82) is 0 Å². The Bertz CT molecular complexity index is 634. The van der Waals surface area contributed by atoms with Gasteiger partial charge < -0.3 is 5.32 Å². The van der Waals surface area contributed by atoms with Crippen molar-refractivity contribution in [2.45, 2.75) is 19.0 Å². The second-order valence-electron chi connectivity index (χ2n) is 4.28. The van der Waals surface area contributed by atoms with Gasteiger partial charge in [0.2, 0.25) is 5.91 Å². The fraction of sp³-hybridized carbons (Fsp3) is 0.214. The van der Waals surface area contributed by atoms with Gasteiger partial charge in [-0.3, -0.25) is 4.79 Å². The molecular weight excluding hydrogens is 294 g/mol. The number of benzene rings is 1. The molecule has 0 fully saturated rings. The number of halogens is 1. The molecule has 20 heavy (non-hydrogen) atoms. The fourth-order valence-electron chi connectivity index (χ4n) is 1.54. The van der Waals surface area contributed by atoms with Crippen LogP contribution in [0.5, 0.6) is 0 Å². The van der Waals surface area contributed by atoms with Crippen molar-refractivity contribution in [1.82, 2.24) is 9.97 Å². The molecule has 6 heteroatoms. The molecule has 0 saturated carbocycles. The van der Waals surface area contributed by atoms with E-state index >= 15 is 0 Å². The van der Waals surface area contributed by atoms with E-state index in [4.69, 9.17) is 11.6 Å². The first-order valence-electron chi connectivity index (χ1n) is 6.03. The summed E-state index contributed by atoms with van der Waals surface area (Å²) in [6.45, 7) is 3.81. The van der Waals surface area contributed by atoms with E-state index in [1.54, 1.807) is 18.3 Å². The lowest BCUT2D eigenvalue weighted by molar-refractivity contribution is -0.113. The molecule has 0 bridgehead atoms. The van der Waals surface area contributed by atoms with Gasteiger partial charge in [0.1, 0.15) is 0 Å². The molecule has 1 N–H and O–H groups in total. The number of nitrogens with one attached hydrogen (secondary N) is 1. The third-order valence-corrected chi connectivity index (χ3v) is 3.68. The van der Waals surface area contributed by atoms with Crippen LogP contribution in [0.1, 0.15) is 11.3 Å². The minimum absolute atomic E-state index is 0.106. The molecule has 2 aromatic rings. The zero-order valence-corrected chi connectivity index (χ0v) is 12.8. The zero-order chi connectivity index (χ0) is 14.5. The molecule has 1 heterocycles.